The quantitative estimate of drug-likeness (QED) is 0.619. The lowest BCUT2D eigenvalue weighted by Gasteiger charge is -2.09. The summed E-state index contributed by atoms with van der Waals surface area (Å²) in [6.07, 6.45) is 0. The van der Waals surface area contributed by atoms with Crippen LogP contribution in [0.1, 0.15) is 20.8 Å². The van der Waals surface area contributed by atoms with Gasteiger partial charge in [-0.05, 0) is 20.8 Å². The van der Waals surface area contributed by atoms with Crippen LogP contribution in [0.15, 0.2) is 0 Å². The van der Waals surface area contributed by atoms with E-state index in [0.717, 1.165) is 0 Å². The smallest absolute Gasteiger partial charge is 0.236 e. The van der Waals surface area contributed by atoms with Crippen molar-refractivity contribution in [1.82, 2.24) is 5.32 Å². The van der Waals surface area contributed by atoms with E-state index < -0.39 is 6.04 Å². The Bertz CT molecular complexity index is 104. The third kappa shape index (κ3) is 5.85. The highest BCUT2D eigenvalue weighted by Crippen LogP contribution is 1.79. The molecule has 0 saturated carbocycles. The van der Waals surface area contributed by atoms with Gasteiger partial charge in [-0.15, -0.1) is 12.4 Å². The molecular weight excluding hydrogens is 152 g/mol. The van der Waals surface area contributed by atoms with Crippen LogP contribution in [-0.2, 0) is 4.79 Å². The van der Waals surface area contributed by atoms with Gasteiger partial charge in [-0.2, -0.15) is 0 Å². The van der Waals surface area contributed by atoms with E-state index in [4.69, 9.17) is 5.73 Å². The van der Waals surface area contributed by atoms with Gasteiger partial charge in [0.15, 0.2) is 0 Å². The second kappa shape index (κ2) is 5.50. The summed E-state index contributed by atoms with van der Waals surface area (Å²) in [5.41, 5.74) is 5.27. The Morgan fingerprint density at radius 1 is 1.40 bits per heavy atom. The normalized spacial score (nSPS) is 12.1. The topological polar surface area (TPSA) is 55.1 Å². The molecule has 0 fully saturated rings. The van der Waals surface area contributed by atoms with Crippen molar-refractivity contribution in [1.29, 1.82) is 0 Å². The zero-order chi connectivity index (χ0) is 7.44. The monoisotopic (exact) mass is 166 g/mol. The Hall–Kier alpha value is -0.280. The molecule has 0 spiro atoms. The number of carbonyl (C=O) groups excluding carboxylic acids is 1. The molecule has 0 heterocycles. The van der Waals surface area contributed by atoms with Crippen LogP contribution in [-0.4, -0.2) is 18.0 Å². The molecular formula is C6H15ClN2O. The molecule has 0 aliphatic rings. The van der Waals surface area contributed by atoms with E-state index in [-0.39, 0.29) is 24.4 Å². The highest BCUT2D eigenvalue weighted by molar-refractivity contribution is 5.85. The molecule has 10 heavy (non-hydrogen) atoms. The molecule has 0 aromatic rings. The van der Waals surface area contributed by atoms with Gasteiger partial charge in [0.25, 0.3) is 0 Å². The predicted octanol–water partition coefficient (Wildman–Crippen LogP) is 0.280. The zero-order valence-electron chi connectivity index (χ0n) is 6.55. The van der Waals surface area contributed by atoms with Gasteiger partial charge in [-0.3, -0.25) is 4.79 Å². The number of nitrogens with two attached hydrogens (primary N) is 1. The van der Waals surface area contributed by atoms with E-state index >= 15 is 0 Å². The Labute approximate surface area is 67.8 Å². The molecule has 1 amide bonds. The molecule has 0 aliphatic carbocycles. The van der Waals surface area contributed by atoms with Gasteiger partial charge in [0, 0.05) is 6.04 Å². The summed E-state index contributed by atoms with van der Waals surface area (Å²) in [4.78, 5) is 10.7. The lowest BCUT2D eigenvalue weighted by atomic mass is 10.3. The van der Waals surface area contributed by atoms with Gasteiger partial charge < -0.3 is 11.1 Å². The van der Waals surface area contributed by atoms with Gasteiger partial charge in [-0.25, -0.2) is 0 Å². The summed E-state index contributed by atoms with van der Waals surface area (Å²) in [5.74, 6) is -0.0926. The van der Waals surface area contributed by atoms with Crippen molar-refractivity contribution in [2.75, 3.05) is 0 Å². The Kier molecular flexibility index (Phi) is 6.82. The predicted molar refractivity (Wildman–Crippen MR) is 44.2 cm³/mol. The van der Waals surface area contributed by atoms with Crippen LogP contribution in [0, 0.1) is 0 Å². The maximum absolute atomic E-state index is 10.7. The standard InChI is InChI=1S/C6H14N2O.ClH/c1-4(2)8-6(9)5(3)7;/h4-5H,7H2,1-3H3,(H,8,9);1H/t5-;/m1./s1. The van der Waals surface area contributed by atoms with Gasteiger partial charge >= 0.3 is 0 Å². The number of hydrogen-bond donors (Lipinski definition) is 2. The summed E-state index contributed by atoms with van der Waals surface area (Å²) in [6.45, 7) is 5.47. The van der Waals surface area contributed by atoms with Crippen LogP contribution < -0.4 is 11.1 Å². The molecule has 0 unspecified atom stereocenters. The van der Waals surface area contributed by atoms with Crippen molar-refractivity contribution < 1.29 is 4.79 Å². The van der Waals surface area contributed by atoms with Gasteiger partial charge in [-0.1, -0.05) is 0 Å². The van der Waals surface area contributed by atoms with E-state index in [1.165, 1.54) is 0 Å². The summed E-state index contributed by atoms with van der Waals surface area (Å²) in [7, 11) is 0. The zero-order valence-corrected chi connectivity index (χ0v) is 7.37. The Balaban J connectivity index is 0. The van der Waals surface area contributed by atoms with E-state index in [1.807, 2.05) is 13.8 Å². The third-order valence-corrected chi connectivity index (χ3v) is 0.844. The average molecular weight is 167 g/mol. The minimum absolute atomic E-state index is 0. The lowest BCUT2D eigenvalue weighted by molar-refractivity contribution is -0.122. The summed E-state index contributed by atoms with van der Waals surface area (Å²) < 4.78 is 0. The first-order valence-corrected chi connectivity index (χ1v) is 3.10. The van der Waals surface area contributed by atoms with Crippen molar-refractivity contribution in [3.8, 4) is 0 Å². The maximum Gasteiger partial charge on any atom is 0.236 e. The number of rotatable bonds is 2. The lowest BCUT2D eigenvalue weighted by Crippen LogP contribution is -2.41. The highest BCUT2D eigenvalue weighted by atomic mass is 35.5. The molecule has 62 valence electrons. The van der Waals surface area contributed by atoms with E-state index in [1.54, 1.807) is 6.92 Å². The minimum Gasteiger partial charge on any atom is -0.353 e. The molecule has 0 aromatic heterocycles. The van der Waals surface area contributed by atoms with Crippen molar-refractivity contribution in [2.45, 2.75) is 32.9 Å². The van der Waals surface area contributed by atoms with Gasteiger partial charge in [0.1, 0.15) is 0 Å². The number of hydrogen-bond acceptors (Lipinski definition) is 2. The molecule has 0 radical (unpaired) electrons. The second-order valence-electron chi connectivity index (χ2n) is 2.45. The molecule has 0 rings (SSSR count). The molecule has 4 heteroatoms. The second-order valence-corrected chi connectivity index (χ2v) is 2.45. The first kappa shape index (κ1) is 12.4. The SMILES string of the molecule is CC(C)NC(=O)[C@@H](C)N.Cl. The van der Waals surface area contributed by atoms with Crippen LogP contribution in [0.4, 0.5) is 0 Å². The largest absolute Gasteiger partial charge is 0.353 e. The van der Waals surface area contributed by atoms with Crippen LogP contribution in [0.3, 0.4) is 0 Å². The summed E-state index contributed by atoms with van der Waals surface area (Å²) >= 11 is 0. The number of amides is 1. The fourth-order valence-electron chi connectivity index (χ4n) is 0.416. The summed E-state index contributed by atoms with van der Waals surface area (Å²) in [6, 6.07) is -0.212. The Morgan fingerprint density at radius 2 is 1.80 bits per heavy atom. The number of nitrogens with one attached hydrogen (secondary N) is 1. The van der Waals surface area contributed by atoms with Gasteiger partial charge in [0.2, 0.25) is 5.91 Å². The summed E-state index contributed by atoms with van der Waals surface area (Å²) in [5, 5.41) is 2.68. The van der Waals surface area contributed by atoms with E-state index in [0.29, 0.717) is 0 Å². The molecule has 0 saturated heterocycles. The minimum atomic E-state index is -0.396. The van der Waals surface area contributed by atoms with Crippen molar-refractivity contribution >= 4 is 18.3 Å². The van der Waals surface area contributed by atoms with Crippen LogP contribution in [0.25, 0.3) is 0 Å². The van der Waals surface area contributed by atoms with E-state index in [9.17, 15) is 4.79 Å². The first-order chi connectivity index (χ1) is 4.04. The third-order valence-electron chi connectivity index (χ3n) is 0.844. The molecule has 1 atom stereocenters. The van der Waals surface area contributed by atoms with Crippen molar-refractivity contribution in [2.24, 2.45) is 5.73 Å². The molecule has 0 aliphatic heterocycles. The van der Waals surface area contributed by atoms with Crippen molar-refractivity contribution in [3.05, 3.63) is 0 Å². The molecule has 0 aromatic carbocycles. The van der Waals surface area contributed by atoms with Crippen LogP contribution in [0.2, 0.25) is 0 Å². The number of carbonyl (C=O) groups is 1. The highest BCUT2D eigenvalue weighted by Gasteiger charge is 2.06. The fraction of sp³-hybridized carbons (Fsp3) is 0.833. The number of halogens is 1. The Morgan fingerprint density at radius 3 is 1.90 bits per heavy atom. The van der Waals surface area contributed by atoms with Gasteiger partial charge in [0.05, 0.1) is 6.04 Å². The first-order valence-electron chi connectivity index (χ1n) is 3.10. The van der Waals surface area contributed by atoms with E-state index in [2.05, 4.69) is 5.32 Å². The maximum atomic E-state index is 10.7. The van der Waals surface area contributed by atoms with Crippen molar-refractivity contribution in [3.63, 3.8) is 0 Å². The average Bonchev–Trinajstić information content (AvgIpc) is 1.63. The molecule has 3 nitrogen and oxygen atoms in total. The van der Waals surface area contributed by atoms with Crippen LogP contribution in [0.5, 0.6) is 0 Å². The van der Waals surface area contributed by atoms with Crippen LogP contribution >= 0.6 is 12.4 Å². The molecule has 0 bridgehead atoms. The fourth-order valence-corrected chi connectivity index (χ4v) is 0.416. The molecule has 3 N–H and O–H groups in total.